The van der Waals surface area contributed by atoms with E-state index in [2.05, 4.69) is 15.1 Å². The number of alkyl halides is 6. The zero-order chi connectivity index (χ0) is 26.0. The molecule has 1 unspecified atom stereocenters. The maximum atomic E-state index is 13.0. The van der Waals surface area contributed by atoms with Crippen molar-refractivity contribution in [3.63, 3.8) is 0 Å². The monoisotopic (exact) mass is 499 g/mol. The maximum Gasteiger partial charge on any atom is 0.493 e. The normalized spacial score (nSPS) is 12.7. The van der Waals surface area contributed by atoms with Crippen LogP contribution >= 0.6 is 0 Å². The van der Waals surface area contributed by atoms with Gasteiger partial charge in [-0.15, -0.1) is 4.73 Å². The van der Waals surface area contributed by atoms with Gasteiger partial charge in [-0.25, -0.2) is 4.79 Å². The Morgan fingerprint density at radius 2 is 1.66 bits per heavy atom. The second-order valence-corrected chi connectivity index (χ2v) is 7.19. The van der Waals surface area contributed by atoms with Crippen LogP contribution in [0.1, 0.15) is 38.8 Å². The highest BCUT2D eigenvalue weighted by Crippen LogP contribution is 2.31. The molecule has 0 spiro atoms. The highest BCUT2D eigenvalue weighted by molar-refractivity contribution is 5.94. The van der Waals surface area contributed by atoms with Gasteiger partial charge in [-0.2, -0.15) is 26.3 Å². The molecule has 0 aliphatic heterocycles. The third-order valence-electron chi connectivity index (χ3n) is 4.72. The van der Waals surface area contributed by atoms with Gasteiger partial charge in [0.2, 0.25) is 0 Å². The topological polar surface area (TPSA) is 90.3 Å². The van der Waals surface area contributed by atoms with E-state index < -0.39 is 41.4 Å². The third kappa shape index (κ3) is 6.05. The predicted octanol–water partition coefficient (Wildman–Crippen LogP) is 3.61. The van der Waals surface area contributed by atoms with Gasteiger partial charge in [0.05, 0.1) is 29.1 Å². The summed E-state index contributed by atoms with van der Waals surface area (Å²) in [5.74, 6) is -3.61. The van der Waals surface area contributed by atoms with Gasteiger partial charge >= 0.3 is 18.3 Å². The lowest BCUT2D eigenvalue weighted by molar-refractivity contribution is -0.200. The summed E-state index contributed by atoms with van der Waals surface area (Å²) < 4.78 is 76.2. The molecule has 3 aromatic rings. The standard InChI is InChI=1S/C22H15F6N3O4/c1-12-3-2-10-29-17(12)18(13-4-7-15(8-5-13)21(23,24)25)30-19(33)14-6-9-16(32)31(11-14)35-20(34)22(26,27)28/h2-11,18H,1H3,(H,30,33). The first-order chi connectivity index (χ1) is 16.3. The quantitative estimate of drug-likeness (QED) is 0.542. The van der Waals surface area contributed by atoms with Crippen molar-refractivity contribution in [1.82, 2.24) is 15.0 Å². The minimum absolute atomic E-state index is 0.0517. The fourth-order valence-corrected chi connectivity index (χ4v) is 3.00. The Balaban J connectivity index is 1.96. The average Bonchev–Trinajstić information content (AvgIpc) is 2.78. The molecule has 0 fully saturated rings. The summed E-state index contributed by atoms with van der Waals surface area (Å²) in [4.78, 5) is 43.9. The molecule has 0 bridgehead atoms. The molecular weight excluding hydrogens is 484 g/mol. The summed E-state index contributed by atoms with van der Waals surface area (Å²) in [7, 11) is 0. The number of rotatable bonds is 5. The summed E-state index contributed by atoms with van der Waals surface area (Å²) in [5.41, 5.74) is -1.34. The lowest BCUT2D eigenvalue weighted by atomic mass is 9.98. The van der Waals surface area contributed by atoms with Gasteiger partial charge in [0.1, 0.15) is 0 Å². The Bertz CT molecular complexity index is 1300. The summed E-state index contributed by atoms with van der Waals surface area (Å²) in [5, 5.41) is 2.53. The molecule has 2 aromatic heterocycles. The van der Waals surface area contributed by atoms with Crippen LogP contribution in [0, 0.1) is 6.92 Å². The minimum Gasteiger partial charge on any atom is -0.339 e. The minimum atomic E-state index is -5.39. The van der Waals surface area contributed by atoms with E-state index in [9.17, 15) is 40.7 Å². The van der Waals surface area contributed by atoms with Crippen molar-refractivity contribution in [3.05, 3.63) is 99.2 Å². The molecule has 13 heteroatoms. The zero-order valence-electron chi connectivity index (χ0n) is 17.6. The van der Waals surface area contributed by atoms with Crippen molar-refractivity contribution in [2.75, 3.05) is 0 Å². The Labute approximate surface area is 192 Å². The number of nitrogens with zero attached hydrogens (tertiary/aromatic N) is 2. The van der Waals surface area contributed by atoms with Gasteiger partial charge in [-0.1, -0.05) is 18.2 Å². The first-order valence-electron chi connectivity index (χ1n) is 9.69. The molecule has 1 amide bonds. The number of aryl methyl sites for hydroxylation is 1. The molecule has 0 saturated heterocycles. The highest BCUT2D eigenvalue weighted by atomic mass is 19.4. The molecule has 1 atom stereocenters. The van der Waals surface area contributed by atoms with Crippen molar-refractivity contribution in [1.29, 1.82) is 0 Å². The number of carbonyl (C=O) groups is 2. The van der Waals surface area contributed by atoms with Gasteiger partial charge in [0.25, 0.3) is 11.5 Å². The summed E-state index contributed by atoms with van der Waals surface area (Å²) in [6, 6.07) is 7.82. The van der Waals surface area contributed by atoms with E-state index in [1.165, 1.54) is 6.20 Å². The van der Waals surface area contributed by atoms with Crippen LogP contribution in [0.4, 0.5) is 26.3 Å². The number of hydrogen-bond donors (Lipinski definition) is 1. The molecule has 0 saturated carbocycles. The third-order valence-corrected chi connectivity index (χ3v) is 4.72. The number of hydrogen-bond acceptors (Lipinski definition) is 5. The van der Waals surface area contributed by atoms with E-state index in [-0.39, 0.29) is 21.6 Å². The molecular formula is C22H15F6N3O4. The smallest absolute Gasteiger partial charge is 0.339 e. The van der Waals surface area contributed by atoms with Crippen LogP contribution in [0.15, 0.2) is 65.7 Å². The van der Waals surface area contributed by atoms with E-state index in [1.54, 1.807) is 19.1 Å². The van der Waals surface area contributed by atoms with Crippen molar-refractivity contribution < 1.29 is 40.8 Å². The fraction of sp³-hybridized carbons (Fsp3) is 0.182. The van der Waals surface area contributed by atoms with Crippen LogP contribution in [0.5, 0.6) is 0 Å². The number of halogens is 6. The number of nitrogens with one attached hydrogen (secondary N) is 1. The summed E-state index contributed by atoms with van der Waals surface area (Å²) in [6.45, 7) is 1.66. The zero-order valence-corrected chi connectivity index (χ0v) is 17.6. The number of benzene rings is 1. The molecule has 7 nitrogen and oxygen atoms in total. The van der Waals surface area contributed by atoms with Crippen molar-refractivity contribution in [2.45, 2.75) is 25.3 Å². The van der Waals surface area contributed by atoms with Crippen LogP contribution in [0.25, 0.3) is 0 Å². The molecule has 0 radical (unpaired) electrons. The van der Waals surface area contributed by atoms with Gasteiger partial charge in [0.15, 0.2) is 0 Å². The Morgan fingerprint density at radius 3 is 2.23 bits per heavy atom. The number of amides is 1. The number of carbonyl (C=O) groups excluding carboxylic acids is 2. The van der Waals surface area contributed by atoms with E-state index in [1.807, 2.05) is 0 Å². The van der Waals surface area contributed by atoms with Crippen LogP contribution in [-0.4, -0.2) is 27.8 Å². The SMILES string of the molecule is Cc1cccnc1C(NC(=O)c1ccc(=O)n(OC(=O)C(F)(F)F)c1)c1ccc(C(F)(F)F)cc1. The Hall–Kier alpha value is -4.16. The summed E-state index contributed by atoms with van der Waals surface area (Å²) in [6.07, 6.45) is -7.99. The van der Waals surface area contributed by atoms with Crippen molar-refractivity contribution in [3.8, 4) is 0 Å². The van der Waals surface area contributed by atoms with Crippen LogP contribution in [0.3, 0.4) is 0 Å². The van der Waals surface area contributed by atoms with Crippen molar-refractivity contribution in [2.24, 2.45) is 0 Å². The molecule has 0 aliphatic rings. The van der Waals surface area contributed by atoms with Crippen LogP contribution in [0.2, 0.25) is 0 Å². The van der Waals surface area contributed by atoms with E-state index in [0.29, 0.717) is 17.8 Å². The molecule has 3 rings (SSSR count). The fourth-order valence-electron chi connectivity index (χ4n) is 3.00. The van der Waals surface area contributed by atoms with Crippen LogP contribution in [-0.2, 0) is 11.0 Å². The van der Waals surface area contributed by atoms with Gasteiger partial charge in [0, 0.05) is 12.3 Å². The number of aromatic nitrogens is 2. The predicted molar refractivity (Wildman–Crippen MR) is 108 cm³/mol. The Morgan fingerprint density at radius 1 is 1.00 bits per heavy atom. The van der Waals surface area contributed by atoms with E-state index in [0.717, 1.165) is 30.3 Å². The molecule has 35 heavy (non-hydrogen) atoms. The first-order valence-corrected chi connectivity index (χ1v) is 9.69. The van der Waals surface area contributed by atoms with E-state index in [4.69, 9.17) is 0 Å². The second kappa shape index (κ2) is 9.60. The molecule has 184 valence electrons. The van der Waals surface area contributed by atoms with Gasteiger partial charge < -0.3 is 10.2 Å². The molecule has 1 aromatic carbocycles. The molecule has 0 aliphatic carbocycles. The van der Waals surface area contributed by atoms with Gasteiger partial charge in [-0.3, -0.25) is 14.6 Å². The largest absolute Gasteiger partial charge is 0.493 e. The lowest BCUT2D eigenvalue weighted by Crippen LogP contribution is -2.39. The van der Waals surface area contributed by atoms with E-state index >= 15 is 0 Å². The first kappa shape index (κ1) is 25.5. The number of pyridine rings is 2. The second-order valence-electron chi connectivity index (χ2n) is 7.19. The molecule has 2 heterocycles. The lowest BCUT2D eigenvalue weighted by Gasteiger charge is -2.21. The van der Waals surface area contributed by atoms with Gasteiger partial charge in [-0.05, 0) is 42.3 Å². The highest BCUT2D eigenvalue weighted by Gasteiger charge is 2.42. The molecule has 1 N–H and O–H groups in total. The Kier molecular flexibility index (Phi) is 6.99. The summed E-state index contributed by atoms with van der Waals surface area (Å²) >= 11 is 0. The maximum absolute atomic E-state index is 13.0. The van der Waals surface area contributed by atoms with Crippen LogP contribution < -0.4 is 15.7 Å². The average molecular weight is 499 g/mol. The van der Waals surface area contributed by atoms with Crippen molar-refractivity contribution >= 4 is 11.9 Å².